The lowest BCUT2D eigenvalue weighted by Gasteiger charge is -2.22. The van der Waals surface area contributed by atoms with E-state index in [2.05, 4.69) is 21.2 Å². The maximum absolute atomic E-state index is 11.8. The van der Waals surface area contributed by atoms with Crippen molar-refractivity contribution >= 4 is 28.0 Å². The summed E-state index contributed by atoms with van der Waals surface area (Å²) in [5.74, 6) is -0.448. The van der Waals surface area contributed by atoms with Gasteiger partial charge in [0.1, 0.15) is 24.0 Å². The molecule has 1 unspecified atom stereocenters. The summed E-state index contributed by atoms with van der Waals surface area (Å²) >= 11 is 3.42. The number of aliphatic carboxylic acids is 1. The zero-order valence-electron chi connectivity index (χ0n) is 16.1. The van der Waals surface area contributed by atoms with E-state index in [4.69, 9.17) is 9.47 Å². The van der Waals surface area contributed by atoms with Crippen molar-refractivity contribution in [3.8, 4) is 5.75 Å². The molecule has 0 spiro atoms. The fraction of sp³-hybridized carbons (Fsp3) is 0.333. The molecular weight excluding hydrogens is 426 g/mol. The number of hydrogen-bond donors (Lipinski definition) is 2. The van der Waals surface area contributed by atoms with Gasteiger partial charge in [-0.1, -0.05) is 40.2 Å². The largest absolute Gasteiger partial charge is 0.489 e. The van der Waals surface area contributed by atoms with Gasteiger partial charge in [0.25, 0.3) is 0 Å². The molecule has 0 saturated heterocycles. The summed E-state index contributed by atoms with van der Waals surface area (Å²) in [6.45, 7) is 5.58. The van der Waals surface area contributed by atoms with E-state index in [1.807, 2.05) is 24.3 Å². The fourth-order valence-electron chi connectivity index (χ4n) is 2.40. The average Bonchev–Trinajstić information content (AvgIpc) is 2.59. The van der Waals surface area contributed by atoms with Gasteiger partial charge in [-0.15, -0.1) is 0 Å². The lowest BCUT2D eigenvalue weighted by Crippen LogP contribution is -2.44. The van der Waals surface area contributed by atoms with Gasteiger partial charge in [0.15, 0.2) is 0 Å². The molecular formula is C21H24BrNO5. The smallest absolute Gasteiger partial charge is 0.408 e. The number of alkyl carbamates (subject to hydrolysis) is 1. The molecule has 0 radical (unpaired) electrons. The van der Waals surface area contributed by atoms with E-state index in [1.165, 1.54) is 0 Å². The Morgan fingerprint density at radius 3 is 2.36 bits per heavy atom. The molecule has 28 heavy (non-hydrogen) atoms. The number of ether oxygens (including phenoxy) is 2. The molecule has 1 amide bonds. The Morgan fingerprint density at radius 1 is 1.11 bits per heavy atom. The normalized spacial score (nSPS) is 12.1. The molecule has 0 aliphatic heterocycles. The van der Waals surface area contributed by atoms with Crippen LogP contribution in [0.25, 0.3) is 0 Å². The Hall–Kier alpha value is -2.54. The molecule has 2 aromatic rings. The Bertz CT molecular complexity index is 814. The number of carbonyl (C=O) groups excluding carboxylic acids is 1. The van der Waals surface area contributed by atoms with E-state index in [9.17, 15) is 14.7 Å². The number of benzene rings is 2. The first-order chi connectivity index (χ1) is 13.1. The van der Waals surface area contributed by atoms with Gasteiger partial charge in [-0.3, -0.25) is 0 Å². The van der Waals surface area contributed by atoms with Crippen molar-refractivity contribution in [3.63, 3.8) is 0 Å². The second-order valence-corrected chi connectivity index (χ2v) is 8.22. The van der Waals surface area contributed by atoms with Crippen molar-refractivity contribution in [3.05, 3.63) is 64.1 Å². The molecule has 0 bridgehead atoms. The van der Waals surface area contributed by atoms with Crippen LogP contribution in [0.1, 0.15) is 31.9 Å². The maximum Gasteiger partial charge on any atom is 0.408 e. The molecule has 0 aromatic heterocycles. The van der Waals surface area contributed by atoms with Crippen LogP contribution >= 0.6 is 15.9 Å². The summed E-state index contributed by atoms with van der Waals surface area (Å²) in [6.07, 6.45) is -0.616. The second-order valence-electron chi connectivity index (χ2n) is 7.30. The molecule has 0 heterocycles. The summed E-state index contributed by atoms with van der Waals surface area (Å²) in [7, 11) is 0. The minimum atomic E-state index is -1.12. The van der Waals surface area contributed by atoms with Gasteiger partial charge in [0, 0.05) is 10.9 Å². The second kappa shape index (κ2) is 9.59. The van der Waals surface area contributed by atoms with Crippen LogP contribution in [0.2, 0.25) is 0 Å². The number of carbonyl (C=O) groups is 2. The van der Waals surface area contributed by atoms with Gasteiger partial charge >= 0.3 is 12.1 Å². The first-order valence-corrected chi connectivity index (χ1v) is 9.60. The van der Waals surface area contributed by atoms with Crippen LogP contribution in [0.5, 0.6) is 5.75 Å². The third-order valence-electron chi connectivity index (χ3n) is 3.65. The maximum atomic E-state index is 11.8. The number of carboxylic acid groups (broad SMARTS) is 1. The van der Waals surface area contributed by atoms with E-state index in [1.54, 1.807) is 45.0 Å². The summed E-state index contributed by atoms with van der Waals surface area (Å²) in [5.41, 5.74) is 1.10. The van der Waals surface area contributed by atoms with Crippen molar-refractivity contribution in [1.82, 2.24) is 5.32 Å². The molecule has 0 aliphatic rings. The van der Waals surface area contributed by atoms with Gasteiger partial charge in [0.2, 0.25) is 0 Å². The predicted octanol–water partition coefficient (Wildman–Crippen LogP) is 4.55. The van der Waals surface area contributed by atoms with E-state index < -0.39 is 23.7 Å². The van der Waals surface area contributed by atoms with Gasteiger partial charge in [0.05, 0.1) is 0 Å². The first kappa shape index (κ1) is 21.8. The lowest BCUT2D eigenvalue weighted by atomic mass is 10.1. The lowest BCUT2D eigenvalue weighted by molar-refractivity contribution is -0.139. The summed E-state index contributed by atoms with van der Waals surface area (Å²) in [5, 5.41) is 11.8. The van der Waals surface area contributed by atoms with Crippen molar-refractivity contribution in [2.45, 2.75) is 45.4 Å². The number of hydrogen-bond acceptors (Lipinski definition) is 4. The van der Waals surface area contributed by atoms with E-state index in [-0.39, 0.29) is 6.42 Å². The zero-order valence-corrected chi connectivity index (χ0v) is 17.7. The highest BCUT2D eigenvalue weighted by atomic mass is 79.9. The SMILES string of the molecule is CC(C)(C)OC(=O)NC(Cc1ccc(OCc2cccc(Br)c2)cc1)C(=O)O. The highest BCUT2D eigenvalue weighted by Crippen LogP contribution is 2.17. The molecule has 0 fully saturated rings. The predicted molar refractivity (Wildman–Crippen MR) is 109 cm³/mol. The molecule has 0 aliphatic carbocycles. The number of nitrogens with one attached hydrogen (secondary N) is 1. The standard InChI is InChI=1S/C21H24BrNO5/c1-21(2,3)28-20(26)23-18(19(24)25)12-14-7-9-17(10-8-14)27-13-15-5-4-6-16(22)11-15/h4-11,18H,12-13H2,1-3H3,(H,23,26)(H,24,25). The summed E-state index contributed by atoms with van der Waals surface area (Å²) < 4.78 is 11.9. The molecule has 150 valence electrons. The van der Waals surface area contributed by atoms with Crippen LogP contribution in [-0.2, 0) is 22.6 Å². The molecule has 2 N–H and O–H groups in total. The number of halogens is 1. The van der Waals surface area contributed by atoms with Crippen LogP contribution in [0, 0.1) is 0 Å². The van der Waals surface area contributed by atoms with Crippen molar-refractivity contribution in [2.75, 3.05) is 0 Å². The Morgan fingerprint density at radius 2 is 1.79 bits per heavy atom. The van der Waals surface area contributed by atoms with E-state index in [0.717, 1.165) is 15.6 Å². The molecule has 0 saturated carbocycles. The highest BCUT2D eigenvalue weighted by molar-refractivity contribution is 9.10. The van der Waals surface area contributed by atoms with E-state index >= 15 is 0 Å². The zero-order chi connectivity index (χ0) is 20.7. The first-order valence-electron chi connectivity index (χ1n) is 8.81. The molecule has 2 aromatic carbocycles. The van der Waals surface area contributed by atoms with Crippen molar-refractivity contribution < 1.29 is 24.2 Å². The number of amides is 1. The number of rotatable bonds is 7. The Kier molecular flexibility index (Phi) is 7.45. The highest BCUT2D eigenvalue weighted by Gasteiger charge is 2.24. The van der Waals surface area contributed by atoms with Crippen molar-refractivity contribution in [1.29, 1.82) is 0 Å². The summed E-state index contributed by atoms with van der Waals surface area (Å²) in [6, 6.07) is 13.9. The Balaban J connectivity index is 1.93. The van der Waals surface area contributed by atoms with Crippen LogP contribution < -0.4 is 10.1 Å². The molecule has 1 atom stereocenters. The fourth-order valence-corrected chi connectivity index (χ4v) is 2.85. The quantitative estimate of drug-likeness (QED) is 0.647. The minimum absolute atomic E-state index is 0.139. The Labute approximate surface area is 173 Å². The topological polar surface area (TPSA) is 84.9 Å². The molecule has 2 rings (SSSR count). The number of carboxylic acids is 1. The van der Waals surface area contributed by atoms with Gasteiger partial charge in [-0.25, -0.2) is 9.59 Å². The summed E-state index contributed by atoms with van der Waals surface area (Å²) in [4.78, 5) is 23.3. The van der Waals surface area contributed by atoms with Crippen LogP contribution in [0.3, 0.4) is 0 Å². The van der Waals surface area contributed by atoms with Crippen LogP contribution in [0.4, 0.5) is 4.79 Å². The minimum Gasteiger partial charge on any atom is -0.489 e. The third kappa shape index (κ3) is 7.60. The average molecular weight is 450 g/mol. The van der Waals surface area contributed by atoms with Crippen LogP contribution in [-0.4, -0.2) is 28.8 Å². The third-order valence-corrected chi connectivity index (χ3v) is 4.14. The molecule has 7 heteroatoms. The van der Waals surface area contributed by atoms with Crippen LogP contribution in [0.15, 0.2) is 53.0 Å². The van der Waals surface area contributed by atoms with E-state index in [0.29, 0.717) is 12.4 Å². The molecule has 6 nitrogen and oxygen atoms in total. The van der Waals surface area contributed by atoms with Crippen molar-refractivity contribution in [2.24, 2.45) is 0 Å². The van der Waals surface area contributed by atoms with Gasteiger partial charge in [-0.05, 0) is 56.2 Å². The van der Waals surface area contributed by atoms with Gasteiger partial charge in [-0.2, -0.15) is 0 Å². The monoisotopic (exact) mass is 449 g/mol. The van der Waals surface area contributed by atoms with Gasteiger partial charge < -0.3 is 19.9 Å².